The number of hydrogen-bond acceptors (Lipinski definition) is 2. The minimum absolute atomic E-state index is 0.376. The highest BCUT2D eigenvalue weighted by Gasteiger charge is 2.37. The number of carbonyl (C=O) groups excluding carboxylic acids is 1. The fourth-order valence-corrected chi connectivity index (χ4v) is 3.74. The second kappa shape index (κ2) is 5.43. The zero-order valence-electron chi connectivity index (χ0n) is 11.2. The SMILES string of the molecule is O=C(CC1=CCCCC1)N1CCCC2CNCC21. The van der Waals surface area contributed by atoms with E-state index in [4.69, 9.17) is 0 Å². The molecule has 18 heavy (non-hydrogen) atoms. The Morgan fingerprint density at radius 1 is 1.33 bits per heavy atom. The Labute approximate surface area is 110 Å². The van der Waals surface area contributed by atoms with E-state index in [1.165, 1.54) is 37.7 Å². The zero-order valence-corrected chi connectivity index (χ0v) is 11.2. The molecule has 3 rings (SSSR count). The van der Waals surface area contributed by atoms with E-state index in [9.17, 15) is 4.79 Å². The van der Waals surface area contributed by atoms with Crippen LogP contribution in [0, 0.1) is 5.92 Å². The topological polar surface area (TPSA) is 32.3 Å². The minimum Gasteiger partial charge on any atom is -0.338 e. The van der Waals surface area contributed by atoms with Gasteiger partial charge in [-0.15, -0.1) is 0 Å². The van der Waals surface area contributed by atoms with Crippen LogP contribution in [0.2, 0.25) is 0 Å². The van der Waals surface area contributed by atoms with Gasteiger partial charge in [-0.25, -0.2) is 0 Å². The molecule has 1 amide bonds. The number of nitrogens with zero attached hydrogens (tertiary/aromatic N) is 1. The van der Waals surface area contributed by atoms with Gasteiger partial charge in [-0.3, -0.25) is 4.79 Å². The first-order chi connectivity index (χ1) is 8.84. The molecule has 3 aliphatic rings. The average Bonchev–Trinajstić information content (AvgIpc) is 2.87. The van der Waals surface area contributed by atoms with E-state index >= 15 is 0 Å². The van der Waals surface area contributed by atoms with E-state index in [0.717, 1.165) is 26.1 Å². The van der Waals surface area contributed by atoms with Crippen molar-refractivity contribution in [1.82, 2.24) is 10.2 Å². The van der Waals surface area contributed by atoms with Crippen LogP contribution in [-0.4, -0.2) is 36.5 Å². The van der Waals surface area contributed by atoms with E-state index in [1.54, 1.807) is 0 Å². The highest BCUT2D eigenvalue weighted by Crippen LogP contribution is 2.28. The number of amides is 1. The predicted molar refractivity (Wildman–Crippen MR) is 72.3 cm³/mol. The fourth-order valence-electron chi connectivity index (χ4n) is 3.74. The molecule has 0 saturated carbocycles. The van der Waals surface area contributed by atoms with Gasteiger partial charge in [0.1, 0.15) is 0 Å². The van der Waals surface area contributed by atoms with Crippen LogP contribution in [0.1, 0.15) is 44.9 Å². The number of allylic oxidation sites excluding steroid dienone is 1. The van der Waals surface area contributed by atoms with Crippen molar-refractivity contribution in [3.63, 3.8) is 0 Å². The lowest BCUT2D eigenvalue weighted by Gasteiger charge is -2.37. The lowest BCUT2D eigenvalue weighted by molar-refractivity contribution is -0.134. The van der Waals surface area contributed by atoms with Crippen LogP contribution in [0.4, 0.5) is 0 Å². The molecule has 3 nitrogen and oxygen atoms in total. The third-order valence-corrected chi connectivity index (χ3v) is 4.76. The Morgan fingerprint density at radius 2 is 2.28 bits per heavy atom. The molecule has 2 heterocycles. The monoisotopic (exact) mass is 248 g/mol. The first-order valence-electron chi connectivity index (χ1n) is 7.52. The fraction of sp³-hybridized carbons (Fsp3) is 0.800. The van der Waals surface area contributed by atoms with Crippen molar-refractivity contribution in [2.45, 2.75) is 51.0 Å². The lowest BCUT2D eigenvalue weighted by atomic mass is 9.90. The maximum Gasteiger partial charge on any atom is 0.226 e. The molecule has 2 saturated heterocycles. The third-order valence-electron chi connectivity index (χ3n) is 4.76. The summed E-state index contributed by atoms with van der Waals surface area (Å²) in [6.07, 6.45) is 10.4. The van der Waals surface area contributed by atoms with Gasteiger partial charge in [-0.1, -0.05) is 11.6 Å². The van der Waals surface area contributed by atoms with Crippen molar-refractivity contribution in [2.24, 2.45) is 5.92 Å². The largest absolute Gasteiger partial charge is 0.338 e. The van der Waals surface area contributed by atoms with Crippen molar-refractivity contribution in [3.05, 3.63) is 11.6 Å². The summed E-state index contributed by atoms with van der Waals surface area (Å²) in [5, 5.41) is 3.44. The summed E-state index contributed by atoms with van der Waals surface area (Å²) in [6, 6.07) is 0.482. The highest BCUT2D eigenvalue weighted by atomic mass is 16.2. The van der Waals surface area contributed by atoms with Crippen molar-refractivity contribution >= 4 is 5.91 Å². The van der Waals surface area contributed by atoms with E-state index < -0.39 is 0 Å². The molecule has 3 heteroatoms. The number of piperidine rings is 1. The van der Waals surface area contributed by atoms with Gasteiger partial charge in [0.25, 0.3) is 0 Å². The standard InChI is InChI=1S/C15H24N2O/c18-15(9-12-5-2-1-3-6-12)17-8-4-7-13-10-16-11-14(13)17/h5,13-14,16H,1-4,6-11H2. The summed E-state index contributed by atoms with van der Waals surface area (Å²) in [4.78, 5) is 14.6. The highest BCUT2D eigenvalue weighted by molar-refractivity contribution is 5.79. The number of likely N-dealkylation sites (tertiary alicyclic amines) is 1. The first kappa shape index (κ1) is 12.2. The maximum absolute atomic E-state index is 12.5. The summed E-state index contributed by atoms with van der Waals surface area (Å²) in [5.41, 5.74) is 1.39. The minimum atomic E-state index is 0.376. The Bertz CT molecular complexity index is 350. The first-order valence-corrected chi connectivity index (χ1v) is 7.52. The molecule has 2 aliphatic heterocycles. The molecule has 0 radical (unpaired) electrons. The number of rotatable bonds is 2. The lowest BCUT2D eigenvalue weighted by Crippen LogP contribution is -2.48. The van der Waals surface area contributed by atoms with Crippen molar-refractivity contribution in [1.29, 1.82) is 0 Å². The molecule has 0 spiro atoms. The average molecular weight is 248 g/mol. The zero-order chi connectivity index (χ0) is 12.4. The van der Waals surface area contributed by atoms with Crippen molar-refractivity contribution in [3.8, 4) is 0 Å². The van der Waals surface area contributed by atoms with E-state index in [-0.39, 0.29) is 0 Å². The normalized spacial score (nSPS) is 32.0. The van der Waals surface area contributed by atoms with Crippen molar-refractivity contribution < 1.29 is 4.79 Å². The molecule has 2 atom stereocenters. The second-order valence-electron chi connectivity index (χ2n) is 6.00. The van der Waals surface area contributed by atoms with E-state index in [1.807, 2.05) is 0 Å². The molecule has 1 N–H and O–H groups in total. The molecule has 100 valence electrons. The van der Waals surface area contributed by atoms with Gasteiger partial charge in [-0.2, -0.15) is 0 Å². The van der Waals surface area contributed by atoms with Crippen molar-refractivity contribution in [2.75, 3.05) is 19.6 Å². The summed E-state index contributed by atoms with van der Waals surface area (Å²) in [7, 11) is 0. The molecule has 1 aliphatic carbocycles. The van der Waals surface area contributed by atoms with Gasteiger partial charge in [-0.05, 0) is 44.4 Å². The van der Waals surface area contributed by atoms with Gasteiger partial charge in [0.2, 0.25) is 5.91 Å². The van der Waals surface area contributed by atoms with Crippen LogP contribution in [0.25, 0.3) is 0 Å². The second-order valence-corrected chi connectivity index (χ2v) is 6.00. The molecule has 2 unspecified atom stereocenters. The molecule has 2 fully saturated rings. The van der Waals surface area contributed by atoms with E-state index in [2.05, 4.69) is 16.3 Å². The summed E-state index contributed by atoms with van der Waals surface area (Å²) >= 11 is 0. The predicted octanol–water partition coefficient (Wildman–Crippen LogP) is 2.09. The number of fused-ring (bicyclic) bond motifs is 1. The van der Waals surface area contributed by atoms with E-state index in [0.29, 0.717) is 24.3 Å². The van der Waals surface area contributed by atoms with Gasteiger partial charge in [0.15, 0.2) is 0 Å². The molecule has 0 aromatic carbocycles. The smallest absolute Gasteiger partial charge is 0.226 e. The summed E-state index contributed by atoms with van der Waals surface area (Å²) < 4.78 is 0. The van der Waals surface area contributed by atoms with Crippen LogP contribution in [0.5, 0.6) is 0 Å². The van der Waals surface area contributed by atoms with Gasteiger partial charge >= 0.3 is 0 Å². The third kappa shape index (κ3) is 2.46. The number of hydrogen-bond donors (Lipinski definition) is 1. The van der Waals surface area contributed by atoms with Crippen LogP contribution in [0.15, 0.2) is 11.6 Å². The summed E-state index contributed by atoms with van der Waals surface area (Å²) in [6.45, 7) is 3.10. The molecular weight excluding hydrogens is 224 g/mol. The van der Waals surface area contributed by atoms with Gasteiger partial charge in [0.05, 0.1) is 0 Å². The molecular formula is C15H24N2O. The number of carbonyl (C=O) groups is 1. The van der Waals surface area contributed by atoms with Gasteiger partial charge in [0, 0.05) is 32.1 Å². The Kier molecular flexibility index (Phi) is 3.69. The van der Waals surface area contributed by atoms with Crippen LogP contribution in [0.3, 0.4) is 0 Å². The van der Waals surface area contributed by atoms with Crippen LogP contribution in [-0.2, 0) is 4.79 Å². The van der Waals surface area contributed by atoms with Crippen LogP contribution >= 0.6 is 0 Å². The van der Waals surface area contributed by atoms with Gasteiger partial charge < -0.3 is 10.2 Å². The molecule has 0 bridgehead atoms. The Balaban J connectivity index is 1.62. The Morgan fingerprint density at radius 3 is 3.11 bits per heavy atom. The molecule has 0 aromatic heterocycles. The summed E-state index contributed by atoms with van der Waals surface area (Å²) in [5.74, 6) is 1.09. The van der Waals surface area contributed by atoms with Crippen LogP contribution < -0.4 is 5.32 Å². The quantitative estimate of drug-likeness (QED) is 0.759. The Hall–Kier alpha value is -0.830. The number of nitrogens with one attached hydrogen (secondary N) is 1. The maximum atomic E-state index is 12.5. The molecule has 0 aromatic rings.